The lowest BCUT2D eigenvalue weighted by Gasteiger charge is -2.03. The third-order valence-electron chi connectivity index (χ3n) is 4.91. The molecule has 2 aromatic rings. The predicted octanol–water partition coefficient (Wildman–Crippen LogP) is 9.22. The normalized spacial score (nSPS) is 8.66. The van der Waals surface area contributed by atoms with Crippen LogP contribution in [0.3, 0.4) is 0 Å². The van der Waals surface area contributed by atoms with Crippen molar-refractivity contribution in [2.75, 3.05) is 7.05 Å². The van der Waals surface area contributed by atoms with Gasteiger partial charge in [0, 0.05) is 18.5 Å². The van der Waals surface area contributed by atoms with Gasteiger partial charge in [-0.3, -0.25) is 9.59 Å². The molecular formula is C34H59NO3. The number of hydrogen-bond acceptors (Lipinski definition) is 3. The van der Waals surface area contributed by atoms with Gasteiger partial charge in [0.05, 0.1) is 0 Å². The van der Waals surface area contributed by atoms with Crippen molar-refractivity contribution in [3.05, 3.63) is 70.8 Å². The van der Waals surface area contributed by atoms with Crippen LogP contribution in [0.1, 0.15) is 122 Å². The lowest BCUT2D eigenvalue weighted by Crippen LogP contribution is -2.22. The van der Waals surface area contributed by atoms with Crippen molar-refractivity contribution < 1.29 is 14.4 Å². The molecule has 0 aliphatic heterocycles. The standard InChI is InChI=1S/C17H18O.C6H14.C5H11NO.C2H4O.2C2H6/c1-13-3-5-15(6-4-13)7-8-16-9-11-17(12-10-16)14(2)18;1-3-5-6-4-2;1-4(2)5(7)6-3;1-2-3;2*1-2/h3-6,9-12H,7-8H2,1-2H3;3-6H2,1-2H3;4H,1-3H3,(H,6,7);2H,1H3;2*1-2H3. The van der Waals surface area contributed by atoms with Crippen molar-refractivity contribution in [1.82, 2.24) is 5.32 Å². The Balaban J connectivity index is -0.000000240. The van der Waals surface area contributed by atoms with Crippen molar-refractivity contribution in [1.29, 1.82) is 0 Å². The molecule has 1 amide bonds. The lowest BCUT2D eigenvalue weighted by atomic mass is 10.0. The zero-order chi connectivity index (χ0) is 30.4. The molecule has 0 radical (unpaired) electrons. The first kappa shape index (κ1) is 42.3. The number of aldehydes is 1. The van der Waals surface area contributed by atoms with E-state index < -0.39 is 0 Å². The Labute approximate surface area is 236 Å². The first-order valence-electron chi connectivity index (χ1n) is 14.4. The van der Waals surface area contributed by atoms with Crippen LogP contribution in [0.25, 0.3) is 0 Å². The highest BCUT2D eigenvalue weighted by molar-refractivity contribution is 5.94. The maximum Gasteiger partial charge on any atom is 0.222 e. The minimum absolute atomic E-state index is 0.0972. The van der Waals surface area contributed by atoms with Gasteiger partial charge in [-0.2, -0.15) is 0 Å². The second kappa shape index (κ2) is 32.3. The molecule has 0 unspecified atom stereocenters. The van der Waals surface area contributed by atoms with Gasteiger partial charge in [0.25, 0.3) is 0 Å². The van der Waals surface area contributed by atoms with Crippen LogP contribution in [0.4, 0.5) is 0 Å². The summed E-state index contributed by atoms with van der Waals surface area (Å²) in [5.41, 5.74) is 4.72. The van der Waals surface area contributed by atoms with Crippen molar-refractivity contribution in [3.63, 3.8) is 0 Å². The monoisotopic (exact) mass is 529 g/mol. The number of benzene rings is 2. The van der Waals surface area contributed by atoms with E-state index in [4.69, 9.17) is 4.79 Å². The second-order valence-electron chi connectivity index (χ2n) is 8.45. The SMILES string of the molecule is CC.CC.CC(=O)c1ccc(CCc2ccc(C)cc2)cc1.CC=O.CCCCCC.CNC(=O)C(C)C. The molecule has 0 aliphatic rings. The summed E-state index contributed by atoms with van der Waals surface area (Å²) in [6.07, 6.45) is 8.34. The fraction of sp³-hybridized carbons (Fsp3) is 0.559. The first-order valence-corrected chi connectivity index (χ1v) is 14.4. The van der Waals surface area contributed by atoms with Crippen molar-refractivity contribution in [2.24, 2.45) is 5.92 Å². The van der Waals surface area contributed by atoms with Crippen LogP contribution in [0.15, 0.2) is 48.5 Å². The fourth-order valence-electron chi connectivity index (χ4n) is 2.74. The highest BCUT2D eigenvalue weighted by atomic mass is 16.1. The average molecular weight is 530 g/mol. The Kier molecular flexibility index (Phi) is 36.0. The molecule has 4 nitrogen and oxygen atoms in total. The number of ketones is 1. The molecule has 0 saturated heterocycles. The van der Waals surface area contributed by atoms with Gasteiger partial charge in [0.1, 0.15) is 6.29 Å². The van der Waals surface area contributed by atoms with Crippen LogP contribution in [0.5, 0.6) is 0 Å². The molecule has 0 heterocycles. The van der Waals surface area contributed by atoms with E-state index in [1.807, 2.05) is 65.8 Å². The molecule has 38 heavy (non-hydrogen) atoms. The highest BCUT2D eigenvalue weighted by Gasteiger charge is 2.01. The molecule has 1 N–H and O–H groups in total. The maximum atomic E-state index is 11.2. The molecule has 0 atom stereocenters. The molecule has 2 aromatic carbocycles. The number of rotatable bonds is 8. The van der Waals surface area contributed by atoms with Crippen LogP contribution >= 0.6 is 0 Å². The number of carbonyl (C=O) groups excluding carboxylic acids is 3. The Bertz CT molecular complexity index is 774. The Morgan fingerprint density at radius 3 is 1.37 bits per heavy atom. The number of unbranched alkanes of at least 4 members (excludes halogenated alkanes) is 3. The summed E-state index contributed by atoms with van der Waals surface area (Å²) in [7, 11) is 1.64. The first-order chi connectivity index (χ1) is 18.2. The molecule has 0 aliphatic carbocycles. The maximum absolute atomic E-state index is 11.2. The molecule has 0 bridgehead atoms. The lowest BCUT2D eigenvalue weighted by molar-refractivity contribution is -0.123. The van der Waals surface area contributed by atoms with Crippen LogP contribution in [-0.4, -0.2) is 25.0 Å². The average Bonchev–Trinajstić information content (AvgIpc) is 2.94. The van der Waals surface area contributed by atoms with Gasteiger partial charge in [-0.25, -0.2) is 0 Å². The molecule has 0 saturated carbocycles. The predicted molar refractivity (Wildman–Crippen MR) is 168 cm³/mol. The number of Topliss-reactive ketones (excluding diaryl/α,β-unsaturated/α-hetero) is 1. The topological polar surface area (TPSA) is 63.2 Å². The summed E-state index contributed by atoms with van der Waals surface area (Å²) in [5, 5.41) is 2.53. The smallest absolute Gasteiger partial charge is 0.222 e. The van der Waals surface area contributed by atoms with E-state index >= 15 is 0 Å². The number of hydrogen-bond donors (Lipinski definition) is 1. The van der Waals surface area contributed by atoms with Crippen molar-refractivity contribution >= 4 is 18.0 Å². The zero-order valence-electron chi connectivity index (χ0n) is 26.7. The van der Waals surface area contributed by atoms with Gasteiger partial charge in [-0.05, 0) is 44.7 Å². The van der Waals surface area contributed by atoms with Crippen molar-refractivity contribution in [3.8, 4) is 0 Å². The summed E-state index contributed by atoms with van der Waals surface area (Å²) >= 11 is 0. The van der Waals surface area contributed by atoms with Gasteiger partial charge in [-0.15, -0.1) is 0 Å². The summed E-state index contributed by atoms with van der Waals surface area (Å²) in [6, 6.07) is 16.6. The minimum Gasteiger partial charge on any atom is -0.359 e. The van der Waals surface area contributed by atoms with E-state index in [1.54, 1.807) is 14.0 Å². The van der Waals surface area contributed by atoms with Gasteiger partial charge in [0.15, 0.2) is 5.78 Å². The van der Waals surface area contributed by atoms with Gasteiger partial charge in [0.2, 0.25) is 5.91 Å². The number of nitrogens with one attached hydrogen (secondary N) is 1. The number of amides is 1. The molecular weight excluding hydrogens is 470 g/mol. The summed E-state index contributed by atoms with van der Waals surface area (Å²) < 4.78 is 0. The fourth-order valence-corrected chi connectivity index (χ4v) is 2.74. The highest BCUT2D eigenvalue weighted by Crippen LogP contribution is 2.10. The Hall–Kier alpha value is -2.75. The third-order valence-corrected chi connectivity index (χ3v) is 4.91. The van der Waals surface area contributed by atoms with Crippen LogP contribution in [0.2, 0.25) is 0 Å². The zero-order valence-corrected chi connectivity index (χ0v) is 26.7. The van der Waals surface area contributed by atoms with Crippen molar-refractivity contribution in [2.45, 2.75) is 115 Å². The third kappa shape index (κ3) is 27.8. The number of carbonyl (C=O) groups is 3. The second-order valence-corrected chi connectivity index (χ2v) is 8.45. The molecule has 0 aromatic heterocycles. The number of aryl methyl sites for hydroxylation is 3. The van der Waals surface area contributed by atoms with Gasteiger partial charge in [-0.1, -0.05) is 135 Å². The summed E-state index contributed by atoms with van der Waals surface area (Å²) in [5.74, 6) is 0.338. The Morgan fingerprint density at radius 2 is 1.13 bits per heavy atom. The van der Waals surface area contributed by atoms with Gasteiger partial charge < -0.3 is 10.1 Å². The van der Waals surface area contributed by atoms with E-state index in [-0.39, 0.29) is 17.6 Å². The minimum atomic E-state index is 0.0972. The van der Waals surface area contributed by atoms with Crippen LogP contribution in [-0.2, 0) is 22.4 Å². The van der Waals surface area contributed by atoms with Gasteiger partial charge >= 0.3 is 0 Å². The molecule has 4 heteroatoms. The van der Waals surface area contributed by atoms with E-state index in [0.29, 0.717) is 0 Å². The molecule has 0 fully saturated rings. The quantitative estimate of drug-likeness (QED) is 0.210. The molecule has 0 spiro atoms. The van der Waals surface area contributed by atoms with E-state index in [2.05, 4.69) is 50.4 Å². The molecule has 218 valence electrons. The summed E-state index contributed by atoms with van der Waals surface area (Å²) in [6.45, 7) is 21.3. The summed E-state index contributed by atoms with van der Waals surface area (Å²) in [4.78, 5) is 30.4. The van der Waals surface area contributed by atoms with E-state index in [9.17, 15) is 9.59 Å². The largest absolute Gasteiger partial charge is 0.359 e. The van der Waals surface area contributed by atoms with Crippen LogP contribution < -0.4 is 5.32 Å². The van der Waals surface area contributed by atoms with E-state index in [0.717, 1.165) is 24.7 Å². The van der Waals surface area contributed by atoms with E-state index in [1.165, 1.54) is 49.3 Å². The Morgan fingerprint density at radius 1 is 0.789 bits per heavy atom. The molecule has 2 rings (SSSR count). The van der Waals surface area contributed by atoms with Crippen LogP contribution in [0, 0.1) is 12.8 Å².